The number of nitrogens with zero attached hydrogens (tertiary/aromatic N) is 3. The minimum Gasteiger partial charge on any atom is -0.490 e. The van der Waals surface area contributed by atoms with Crippen molar-refractivity contribution in [3.63, 3.8) is 0 Å². The lowest BCUT2D eigenvalue weighted by Gasteiger charge is -2.20. The van der Waals surface area contributed by atoms with Crippen molar-refractivity contribution >= 4 is 39.8 Å². The number of para-hydroxylation sites is 1. The number of carbonyl (C=O) groups excluding carboxylic acids is 1. The van der Waals surface area contributed by atoms with Crippen LogP contribution in [0.4, 0.5) is 0 Å². The van der Waals surface area contributed by atoms with Gasteiger partial charge in [0.15, 0.2) is 5.84 Å². The van der Waals surface area contributed by atoms with Gasteiger partial charge in [0.05, 0.1) is 5.57 Å². The summed E-state index contributed by atoms with van der Waals surface area (Å²) in [5, 5.41) is 15.5. The summed E-state index contributed by atoms with van der Waals surface area (Å²) in [7, 11) is 0. The van der Waals surface area contributed by atoms with E-state index in [9.17, 15) is 4.79 Å². The molecule has 0 atom stereocenters. The van der Waals surface area contributed by atoms with Crippen molar-refractivity contribution in [2.45, 2.75) is 20.3 Å². The third kappa shape index (κ3) is 4.69. The van der Waals surface area contributed by atoms with Crippen LogP contribution in [0.3, 0.4) is 0 Å². The van der Waals surface area contributed by atoms with Crippen molar-refractivity contribution in [2.75, 3.05) is 13.2 Å². The second-order valence-corrected chi connectivity index (χ2v) is 7.96. The first kappa shape index (κ1) is 20.9. The first-order valence-electron chi connectivity index (χ1n) is 9.95. The number of aryl methyl sites for hydroxylation is 1. The summed E-state index contributed by atoms with van der Waals surface area (Å²) in [4.78, 5) is 16.6. The van der Waals surface area contributed by atoms with Crippen LogP contribution in [0.15, 0.2) is 64.2 Å². The highest BCUT2D eigenvalue weighted by atomic mass is 32.2. The summed E-state index contributed by atoms with van der Waals surface area (Å²) in [5.41, 5.74) is 2.04. The summed E-state index contributed by atoms with van der Waals surface area (Å²) in [5.74, 6) is 0.957. The van der Waals surface area contributed by atoms with E-state index in [0.29, 0.717) is 29.7 Å². The largest absolute Gasteiger partial charge is 0.490 e. The van der Waals surface area contributed by atoms with Gasteiger partial charge in [-0.15, -0.1) is 0 Å². The second kappa shape index (κ2) is 9.18. The molecule has 2 aromatic carbocycles. The van der Waals surface area contributed by atoms with Gasteiger partial charge in [0.2, 0.25) is 5.17 Å². The van der Waals surface area contributed by atoms with Crippen LogP contribution in [0.25, 0.3) is 6.08 Å². The quantitative estimate of drug-likeness (QED) is 0.513. The number of thioether (sulfide) groups is 1. The first-order chi connectivity index (χ1) is 15.0. The molecule has 4 rings (SSSR count). The Bertz CT molecular complexity index is 1110. The van der Waals surface area contributed by atoms with Gasteiger partial charge in [0.1, 0.15) is 29.8 Å². The lowest BCUT2D eigenvalue weighted by Crippen LogP contribution is -2.35. The van der Waals surface area contributed by atoms with Crippen LogP contribution in [0.5, 0.6) is 11.5 Å². The highest BCUT2D eigenvalue weighted by Crippen LogP contribution is 2.30. The molecular formula is C23H22N4O3S. The number of carbonyl (C=O) groups is 1. The van der Waals surface area contributed by atoms with Gasteiger partial charge in [0.25, 0.3) is 5.91 Å². The summed E-state index contributed by atoms with van der Waals surface area (Å²) >= 11 is 1.32. The third-order valence-electron chi connectivity index (χ3n) is 4.65. The van der Waals surface area contributed by atoms with E-state index >= 15 is 0 Å². The van der Waals surface area contributed by atoms with Crippen molar-refractivity contribution in [3.8, 4) is 11.5 Å². The van der Waals surface area contributed by atoms with Crippen LogP contribution >= 0.6 is 11.8 Å². The molecule has 1 amide bonds. The maximum atomic E-state index is 12.6. The van der Waals surface area contributed by atoms with Crippen molar-refractivity contribution in [1.82, 2.24) is 5.01 Å². The number of amidine groups is 2. The molecule has 0 radical (unpaired) electrons. The molecule has 0 aromatic heterocycles. The minimum absolute atomic E-state index is 0.0171. The summed E-state index contributed by atoms with van der Waals surface area (Å²) in [6, 6.07) is 15.2. The van der Waals surface area contributed by atoms with Crippen molar-refractivity contribution < 1.29 is 14.3 Å². The molecule has 0 saturated carbocycles. The second-order valence-electron chi connectivity index (χ2n) is 6.92. The van der Waals surface area contributed by atoms with Crippen molar-refractivity contribution in [1.29, 1.82) is 5.41 Å². The molecule has 2 aromatic rings. The molecule has 0 bridgehead atoms. The molecule has 8 heteroatoms. The highest BCUT2D eigenvalue weighted by Gasteiger charge is 2.35. The molecule has 2 aliphatic rings. The fourth-order valence-electron chi connectivity index (χ4n) is 3.01. The lowest BCUT2D eigenvalue weighted by atomic mass is 10.1. The van der Waals surface area contributed by atoms with E-state index in [1.807, 2.05) is 62.4 Å². The zero-order valence-electron chi connectivity index (χ0n) is 17.3. The van der Waals surface area contributed by atoms with E-state index in [1.165, 1.54) is 22.3 Å². The standard InChI is InChI=1S/C23H22N4O3S/c1-3-20-26-27-21(24)18(22(28)25-23(27)31-20)14-16-6-4-5-7-19(16)30-13-12-29-17-10-8-15(2)9-11-17/h4-11,14,24H,3,12-13H2,1-2H3/b18-14-,24-21?. The number of nitrogens with one attached hydrogen (secondary N) is 1. The Morgan fingerprint density at radius 1 is 1.10 bits per heavy atom. The molecule has 2 heterocycles. The van der Waals surface area contributed by atoms with Crippen LogP contribution in [0.2, 0.25) is 0 Å². The fraction of sp³-hybridized carbons (Fsp3) is 0.217. The number of fused-ring (bicyclic) bond motifs is 1. The summed E-state index contributed by atoms with van der Waals surface area (Å²) in [6.45, 7) is 4.73. The van der Waals surface area contributed by atoms with Crippen LogP contribution in [-0.4, -0.2) is 40.2 Å². The van der Waals surface area contributed by atoms with E-state index in [1.54, 1.807) is 6.08 Å². The van der Waals surface area contributed by atoms with Gasteiger partial charge < -0.3 is 9.47 Å². The van der Waals surface area contributed by atoms with Gasteiger partial charge in [-0.2, -0.15) is 15.1 Å². The molecule has 0 spiro atoms. The van der Waals surface area contributed by atoms with Gasteiger partial charge in [-0.25, -0.2) is 0 Å². The smallest absolute Gasteiger partial charge is 0.283 e. The molecule has 0 unspecified atom stereocenters. The molecule has 0 fully saturated rings. The summed E-state index contributed by atoms with van der Waals surface area (Å²) in [6.07, 6.45) is 2.35. The Labute approximate surface area is 185 Å². The first-order valence-corrected chi connectivity index (χ1v) is 10.8. The van der Waals surface area contributed by atoms with Crippen LogP contribution in [0.1, 0.15) is 24.5 Å². The van der Waals surface area contributed by atoms with E-state index in [4.69, 9.17) is 14.9 Å². The SMILES string of the molecule is CCC1=NN2C(=N)/C(=C/c3ccccc3OCCOc3ccc(C)cc3)C(=O)N=C2S1. The minimum atomic E-state index is -0.450. The lowest BCUT2D eigenvalue weighted by molar-refractivity contribution is -0.114. The molecule has 2 aliphatic heterocycles. The van der Waals surface area contributed by atoms with E-state index in [-0.39, 0.29) is 11.4 Å². The average molecular weight is 435 g/mol. The zero-order chi connectivity index (χ0) is 21.8. The molecule has 0 saturated heterocycles. The maximum Gasteiger partial charge on any atom is 0.283 e. The van der Waals surface area contributed by atoms with Crippen LogP contribution in [0, 0.1) is 12.3 Å². The monoisotopic (exact) mass is 434 g/mol. The predicted molar refractivity (Wildman–Crippen MR) is 124 cm³/mol. The van der Waals surface area contributed by atoms with Gasteiger partial charge >= 0.3 is 0 Å². The number of aliphatic imine (C=N–C) groups is 1. The molecule has 31 heavy (non-hydrogen) atoms. The number of hydrogen-bond donors (Lipinski definition) is 1. The Balaban J connectivity index is 1.46. The van der Waals surface area contributed by atoms with Gasteiger partial charge in [-0.05, 0) is 49.4 Å². The number of amides is 1. The third-order valence-corrected chi connectivity index (χ3v) is 5.70. The number of benzene rings is 2. The van der Waals surface area contributed by atoms with Gasteiger partial charge in [-0.3, -0.25) is 10.2 Å². The predicted octanol–water partition coefficient (Wildman–Crippen LogP) is 4.48. The van der Waals surface area contributed by atoms with Crippen molar-refractivity contribution in [2.24, 2.45) is 10.1 Å². The van der Waals surface area contributed by atoms with E-state index < -0.39 is 5.91 Å². The number of ether oxygens (including phenoxy) is 2. The van der Waals surface area contributed by atoms with Crippen molar-refractivity contribution in [3.05, 3.63) is 65.2 Å². The molecule has 158 valence electrons. The van der Waals surface area contributed by atoms with Gasteiger partial charge in [-0.1, -0.05) is 42.8 Å². The van der Waals surface area contributed by atoms with Crippen LogP contribution < -0.4 is 9.47 Å². The van der Waals surface area contributed by atoms with Crippen LogP contribution in [-0.2, 0) is 4.79 Å². The zero-order valence-corrected chi connectivity index (χ0v) is 18.1. The molecule has 1 N–H and O–H groups in total. The number of hydrogen-bond acceptors (Lipinski definition) is 6. The Morgan fingerprint density at radius 2 is 1.84 bits per heavy atom. The van der Waals surface area contributed by atoms with Gasteiger partial charge in [0, 0.05) is 5.56 Å². The fourth-order valence-corrected chi connectivity index (χ4v) is 3.83. The maximum absolute atomic E-state index is 12.6. The van der Waals surface area contributed by atoms with E-state index in [0.717, 1.165) is 17.2 Å². The summed E-state index contributed by atoms with van der Waals surface area (Å²) < 4.78 is 11.6. The van der Waals surface area contributed by atoms with E-state index in [2.05, 4.69) is 10.1 Å². The average Bonchev–Trinajstić information content (AvgIpc) is 3.19. The topological polar surface area (TPSA) is 87.3 Å². The Hall–Kier alpha value is -3.39. The molecule has 7 nitrogen and oxygen atoms in total. The molecular weight excluding hydrogens is 412 g/mol. The highest BCUT2D eigenvalue weighted by molar-refractivity contribution is 8.26. The molecule has 0 aliphatic carbocycles. The number of hydrazone groups is 1. The normalized spacial score (nSPS) is 16.8. The number of rotatable bonds is 7. The Morgan fingerprint density at radius 3 is 2.61 bits per heavy atom. The Kier molecular flexibility index (Phi) is 6.18.